The van der Waals surface area contributed by atoms with Crippen LogP contribution in [-0.2, 0) is 30.3 Å². The maximum atomic E-state index is 14.6. The second kappa shape index (κ2) is 20.6. The molecule has 17 nitrogen and oxygen atoms in total. The number of methoxy groups -OCH3 is 1. The van der Waals surface area contributed by atoms with Crippen molar-refractivity contribution in [1.29, 1.82) is 0 Å². The Balaban J connectivity index is 1.48. The molecule has 4 heterocycles. The second-order valence-electron chi connectivity index (χ2n) is 18.8. The van der Waals surface area contributed by atoms with Gasteiger partial charge in [-0.2, -0.15) is 5.10 Å². The van der Waals surface area contributed by atoms with E-state index in [0.29, 0.717) is 19.6 Å². The molecule has 11 atom stereocenters. The minimum Gasteiger partial charge on any atom is -0.508 e. The zero-order valence-electron chi connectivity index (χ0n) is 40.6. The Hall–Kier alpha value is -6.14. The predicted molar refractivity (Wildman–Crippen MR) is 256 cm³/mol. The van der Waals surface area contributed by atoms with Gasteiger partial charge in [-0.05, 0) is 51.5 Å². The van der Waals surface area contributed by atoms with Crippen molar-refractivity contribution in [3.8, 4) is 28.7 Å². The van der Waals surface area contributed by atoms with Gasteiger partial charge in [0.1, 0.15) is 29.1 Å². The molecule has 5 bridgehead atoms. The quantitative estimate of drug-likeness (QED) is 0.0614. The Morgan fingerprint density at radius 3 is 2.16 bits per heavy atom. The van der Waals surface area contributed by atoms with Crippen LogP contribution in [-0.4, -0.2) is 127 Å². The standard InChI is InChI=1S/C51H66N4O13/c1-25-13-12-14-26(2)50(64)53-41-36(21-52-55-27(3)22-54(23-28(55)4)24-34-15-17-35(57)18-16-34)45(61)38-39(46(41)62)44(60)32(8)48-40(38)49(63)51(10,68-48)66-20-19-37(65-11)29(5)47(67-33(9)56)31(7)43(59)30(6)42(25)58/h12-21,25,27-31,37,42-43,47,57-62H,22-24H2,1-11H3,(H,53,64). The lowest BCUT2D eigenvalue weighted by Gasteiger charge is -2.42. The third-order valence-electron chi connectivity index (χ3n) is 13.6. The molecule has 1 saturated heterocycles. The highest BCUT2D eigenvalue weighted by atomic mass is 16.7. The fourth-order valence-corrected chi connectivity index (χ4v) is 9.64. The number of aromatic hydroxyl groups is 4. The number of piperazine rings is 1. The zero-order chi connectivity index (χ0) is 50.1. The van der Waals surface area contributed by atoms with E-state index < -0.39 is 88.8 Å². The van der Waals surface area contributed by atoms with Gasteiger partial charge in [0.25, 0.3) is 11.7 Å². The van der Waals surface area contributed by atoms with Crippen molar-refractivity contribution < 1.29 is 64.0 Å². The summed E-state index contributed by atoms with van der Waals surface area (Å²) < 4.78 is 23.8. The number of amides is 1. The Morgan fingerprint density at radius 1 is 0.897 bits per heavy atom. The summed E-state index contributed by atoms with van der Waals surface area (Å²) in [6, 6.07) is 6.70. The zero-order valence-corrected chi connectivity index (χ0v) is 40.6. The van der Waals surface area contributed by atoms with Crippen LogP contribution in [0.1, 0.15) is 89.4 Å². The van der Waals surface area contributed by atoms with Crippen molar-refractivity contribution in [1.82, 2.24) is 9.91 Å². The van der Waals surface area contributed by atoms with E-state index in [1.165, 1.54) is 59.4 Å². The maximum Gasteiger partial charge on any atom is 0.312 e. The molecule has 368 valence electrons. The maximum absolute atomic E-state index is 14.6. The molecule has 3 aromatic carbocycles. The SMILES string of the molecule is COC1C=COC2(C)Oc3c(C)c(O)c4c(O)c(c(C=NN5C(C)CN(Cc6ccc(O)cc6)CC5C)c(O)c4c3C2=O)NC(=O)C(C)=CC=CC(C)C(O)C(C)C(O)C(C)C(OC(C)=O)C1C. The first-order valence-corrected chi connectivity index (χ1v) is 22.9. The number of carbonyl (C=O) groups is 3. The number of phenolic OH excluding ortho intramolecular Hbond substituents is 4. The summed E-state index contributed by atoms with van der Waals surface area (Å²) in [6.45, 7) is 18.3. The summed E-state index contributed by atoms with van der Waals surface area (Å²) in [5, 5.41) is 77.8. The number of hydrazone groups is 1. The van der Waals surface area contributed by atoms with Gasteiger partial charge in [0.2, 0.25) is 0 Å². The van der Waals surface area contributed by atoms with Crippen LogP contribution in [0, 0.1) is 30.6 Å². The molecule has 3 aromatic rings. The van der Waals surface area contributed by atoms with Gasteiger partial charge < -0.3 is 54.9 Å². The third-order valence-corrected chi connectivity index (χ3v) is 13.6. The Kier molecular flexibility index (Phi) is 15.5. The number of fused-ring (bicyclic) bond motifs is 14. The Morgan fingerprint density at radius 2 is 1.54 bits per heavy atom. The van der Waals surface area contributed by atoms with E-state index in [1.54, 1.807) is 52.0 Å². The highest BCUT2D eigenvalue weighted by Crippen LogP contribution is 2.55. The van der Waals surface area contributed by atoms with Gasteiger partial charge in [-0.3, -0.25) is 24.3 Å². The second-order valence-corrected chi connectivity index (χ2v) is 18.8. The molecule has 4 aliphatic rings. The van der Waals surface area contributed by atoms with Gasteiger partial charge in [0, 0.05) is 80.8 Å². The molecule has 7 rings (SSSR count). The largest absolute Gasteiger partial charge is 0.508 e. The number of nitrogens with zero attached hydrogens (tertiary/aromatic N) is 3. The van der Waals surface area contributed by atoms with Crippen molar-refractivity contribution in [2.75, 3.05) is 25.5 Å². The van der Waals surface area contributed by atoms with Crippen LogP contribution in [0.15, 0.2) is 65.5 Å². The number of benzene rings is 3. The lowest BCUT2D eigenvalue weighted by molar-refractivity contribution is -0.160. The van der Waals surface area contributed by atoms with Crippen LogP contribution in [0.5, 0.6) is 28.7 Å². The molecule has 0 saturated carbocycles. The molecule has 0 aliphatic carbocycles. The highest BCUT2D eigenvalue weighted by Gasteiger charge is 2.50. The van der Waals surface area contributed by atoms with Gasteiger partial charge in [0.05, 0.1) is 65.1 Å². The Labute approximate surface area is 396 Å². The van der Waals surface area contributed by atoms with Crippen molar-refractivity contribution in [2.24, 2.45) is 28.8 Å². The number of allylic oxidation sites excluding steroid dienone is 2. The van der Waals surface area contributed by atoms with Crippen molar-refractivity contribution in [3.63, 3.8) is 0 Å². The Bertz CT molecular complexity index is 2510. The number of phenols is 4. The topological polar surface area (TPSA) is 240 Å². The molecule has 1 amide bonds. The van der Waals surface area contributed by atoms with Crippen molar-refractivity contribution in [3.05, 3.63) is 82.7 Å². The number of rotatable bonds is 6. The number of Topliss-reactive ketones (excluding diaryl/α,β-unsaturated/α-hetero) is 1. The number of hydrogen-bond donors (Lipinski definition) is 7. The van der Waals surface area contributed by atoms with E-state index in [4.69, 9.17) is 24.0 Å². The lowest BCUT2D eigenvalue weighted by Crippen LogP contribution is -2.54. The third kappa shape index (κ3) is 10.2. The molecular formula is C51H66N4O13. The predicted octanol–water partition coefficient (Wildman–Crippen LogP) is 6.39. The van der Waals surface area contributed by atoms with E-state index in [0.717, 1.165) is 5.56 Å². The summed E-state index contributed by atoms with van der Waals surface area (Å²) in [4.78, 5) is 43.3. The molecule has 17 heteroatoms. The monoisotopic (exact) mass is 942 g/mol. The van der Waals surface area contributed by atoms with Crippen molar-refractivity contribution >= 4 is 40.3 Å². The van der Waals surface area contributed by atoms with E-state index in [1.807, 2.05) is 31.0 Å². The minimum absolute atomic E-state index is 0.0378. The van der Waals surface area contributed by atoms with Crippen LogP contribution in [0.2, 0.25) is 0 Å². The highest BCUT2D eigenvalue weighted by molar-refractivity contribution is 6.23. The van der Waals surface area contributed by atoms with E-state index in [9.17, 15) is 45.0 Å². The van der Waals surface area contributed by atoms with Gasteiger partial charge in [0.15, 0.2) is 5.75 Å². The van der Waals surface area contributed by atoms with Crippen LogP contribution < -0.4 is 10.1 Å². The first-order chi connectivity index (χ1) is 32.0. The van der Waals surface area contributed by atoms with Gasteiger partial charge in [-0.1, -0.05) is 58.1 Å². The lowest BCUT2D eigenvalue weighted by atomic mass is 9.78. The first-order valence-electron chi connectivity index (χ1n) is 22.9. The number of esters is 1. The van der Waals surface area contributed by atoms with Crippen LogP contribution in [0.4, 0.5) is 5.69 Å². The molecule has 1 fully saturated rings. The number of aliphatic hydroxyl groups excluding tert-OH is 2. The number of aliphatic hydroxyl groups is 2. The van der Waals surface area contributed by atoms with E-state index in [-0.39, 0.29) is 62.3 Å². The van der Waals surface area contributed by atoms with E-state index in [2.05, 4.69) is 10.2 Å². The molecule has 0 spiro atoms. The molecule has 0 aromatic heterocycles. The summed E-state index contributed by atoms with van der Waals surface area (Å²) in [5.74, 6) is -8.43. The number of hydrogen-bond acceptors (Lipinski definition) is 16. The summed E-state index contributed by atoms with van der Waals surface area (Å²) in [5.41, 5.74) is 0.548. The van der Waals surface area contributed by atoms with Crippen LogP contribution in [0.3, 0.4) is 0 Å². The normalized spacial score (nSPS) is 29.8. The number of anilines is 1. The first kappa shape index (κ1) is 51.3. The van der Waals surface area contributed by atoms with Gasteiger partial charge in [-0.25, -0.2) is 0 Å². The average Bonchev–Trinajstić information content (AvgIpc) is 3.55. The molecule has 68 heavy (non-hydrogen) atoms. The van der Waals surface area contributed by atoms with Crippen molar-refractivity contribution in [2.45, 2.75) is 118 Å². The van der Waals surface area contributed by atoms with E-state index >= 15 is 0 Å². The molecular weight excluding hydrogens is 877 g/mol. The van der Waals surface area contributed by atoms with Gasteiger partial charge in [-0.15, -0.1) is 0 Å². The average molecular weight is 943 g/mol. The molecule has 11 unspecified atom stereocenters. The fraction of sp³-hybridized carbons (Fsp3) is 0.490. The molecule has 0 radical (unpaired) electrons. The van der Waals surface area contributed by atoms with Crippen LogP contribution >= 0.6 is 0 Å². The summed E-state index contributed by atoms with van der Waals surface area (Å²) >= 11 is 0. The number of ketones is 1. The smallest absolute Gasteiger partial charge is 0.312 e. The van der Waals surface area contributed by atoms with Crippen LogP contribution in [0.25, 0.3) is 10.8 Å². The number of ether oxygens (including phenoxy) is 4. The summed E-state index contributed by atoms with van der Waals surface area (Å²) in [7, 11) is 1.43. The number of nitrogens with one attached hydrogen (secondary N) is 1. The minimum atomic E-state index is -2.08. The molecule has 4 aliphatic heterocycles. The fourth-order valence-electron chi connectivity index (χ4n) is 9.64. The summed E-state index contributed by atoms with van der Waals surface area (Å²) in [6.07, 6.45) is 4.78. The molecule has 7 N–H and O–H groups in total. The van der Waals surface area contributed by atoms with Gasteiger partial charge >= 0.3 is 11.8 Å². The number of carbonyl (C=O) groups excluding carboxylic acids is 3.